The lowest BCUT2D eigenvalue weighted by Gasteiger charge is -2.30. The largest absolute Gasteiger partial charge is 0.469 e. The Morgan fingerprint density at radius 3 is 2.76 bits per heavy atom. The van der Waals surface area contributed by atoms with Crippen molar-refractivity contribution in [2.45, 2.75) is 25.8 Å². The minimum Gasteiger partial charge on any atom is -0.469 e. The van der Waals surface area contributed by atoms with E-state index in [1.165, 1.54) is 19.2 Å². The van der Waals surface area contributed by atoms with Crippen molar-refractivity contribution in [2.75, 3.05) is 13.7 Å². The van der Waals surface area contributed by atoms with Crippen LogP contribution in [0.1, 0.15) is 25.8 Å². The molecule has 0 saturated heterocycles. The maximum Gasteiger partial charge on any atom is 0.307 e. The summed E-state index contributed by atoms with van der Waals surface area (Å²) in [6.45, 7) is 4.49. The summed E-state index contributed by atoms with van der Waals surface area (Å²) >= 11 is 0. The highest BCUT2D eigenvalue weighted by atomic mass is 19.1. The molecule has 1 atom stereocenters. The zero-order valence-corrected chi connectivity index (χ0v) is 10.4. The van der Waals surface area contributed by atoms with Gasteiger partial charge in [-0.1, -0.05) is 19.1 Å². The fourth-order valence-corrected chi connectivity index (χ4v) is 1.85. The number of halogens is 1. The van der Waals surface area contributed by atoms with Crippen LogP contribution in [0, 0.1) is 5.82 Å². The van der Waals surface area contributed by atoms with Crippen LogP contribution in [0.15, 0.2) is 24.3 Å². The number of carbonyl (C=O) groups is 1. The van der Waals surface area contributed by atoms with Crippen molar-refractivity contribution in [3.8, 4) is 0 Å². The third-order valence-electron chi connectivity index (χ3n) is 2.75. The number of methoxy groups -OCH3 is 1. The zero-order chi connectivity index (χ0) is 12.9. The van der Waals surface area contributed by atoms with E-state index in [4.69, 9.17) is 0 Å². The van der Waals surface area contributed by atoms with E-state index in [1.54, 1.807) is 12.1 Å². The molecule has 1 rings (SSSR count). The second-order valence-electron chi connectivity index (χ2n) is 4.13. The lowest BCUT2D eigenvalue weighted by Crippen LogP contribution is -2.41. The van der Waals surface area contributed by atoms with Crippen LogP contribution in [0.5, 0.6) is 0 Å². The molecule has 0 aliphatic rings. The van der Waals surface area contributed by atoms with Crippen LogP contribution in [0.2, 0.25) is 0 Å². The smallest absolute Gasteiger partial charge is 0.307 e. The highest BCUT2D eigenvalue weighted by molar-refractivity contribution is 5.71. The molecule has 0 spiro atoms. The van der Waals surface area contributed by atoms with Gasteiger partial charge in [-0.2, -0.15) is 0 Å². The maximum absolute atomic E-state index is 13.2. The molecule has 1 unspecified atom stereocenters. The van der Waals surface area contributed by atoms with Crippen LogP contribution < -0.4 is 5.32 Å². The van der Waals surface area contributed by atoms with Crippen LogP contribution in [0.4, 0.5) is 4.39 Å². The monoisotopic (exact) mass is 239 g/mol. The summed E-state index contributed by atoms with van der Waals surface area (Å²) in [5.74, 6) is -0.630. The molecule has 3 nitrogen and oxygen atoms in total. The summed E-state index contributed by atoms with van der Waals surface area (Å²) in [6, 6.07) is 6.26. The number of nitrogens with one attached hydrogen (secondary N) is 1. The van der Waals surface area contributed by atoms with Gasteiger partial charge in [0, 0.05) is 0 Å². The van der Waals surface area contributed by atoms with Gasteiger partial charge in [0.2, 0.25) is 0 Å². The fourth-order valence-electron chi connectivity index (χ4n) is 1.85. The van der Waals surface area contributed by atoms with Crippen molar-refractivity contribution in [3.05, 3.63) is 35.6 Å². The molecule has 0 bridgehead atoms. The number of carbonyl (C=O) groups excluding carboxylic acids is 1. The molecule has 0 aromatic heterocycles. The molecule has 4 heteroatoms. The maximum atomic E-state index is 13.2. The van der Waals surface area contributed by atoms with Gasteiger partial charge in [0.25, 0.3) is 0 Å². The molecule has 0 amide bonds. The summed E-state index contributed by atoms with van der Waals surface area (Å²) in [4.78, 5) is 11.4. The third kappa shape index (κ3) is 3.53. The number of benzene rings is 1. The molecule has 17 heavy (non-hydrogen) atoms. The van der Waals surface area contributed by atoms with Gasteiger partial charge < -0.3 is 10.1 Å². The molecule has 1 N–H and O–H groups in total. The van der Waals surface area contributed by atoms with E-state index < -0.39 is 5.54 Å². The lowest BCUT2D eigenvalue weighted by atomic mass is 9.88. The molecule has 94 valence electrons. The number of esters is 1. The number of rotatable bonds is 5. The molecule has 1 aromatic rings. The van der Waals surface area contributed by atoms with Crippen LogP contribution >= 0.6 is 0 Å². The summed E-state index contributed by atoms with van der Waals surface area (Å²) in [6.07, 6.45) is 0.167. The molecular formula is C13H18FNO2. The molecule has 0 aliphatic carbocycles. The minimum atomic E-state index is -0.607. The predicted molar refractivity (Wildman–Crippen MR) is 64.1 cm³/mol. The van der Waals surface area contributed by atoms with Gasteiger partial charge >= 0.3 is 5.97 Å². The molecule has 0 heterocycles. The summed E-state index contributed by atoms with van der Waals surface area (Å²) < 4.78 is 17.9. The first kappa shape index (κ1) is 13.6. The topological polar surface area (TPSA) is 38.3 Å². The highest BCUT2D eigenvalue weighted by Gasteiger charge is 2.29. The van der Waals surface area contributed by atoms with Crippen LogP contribution in [0.3, 0.4) is 0 Å². The van der Waals surface area contributed by atoms with Gasteiger partial charge in [-0.3, -0.25) is 4.79 Å². The van der Waals surface area contributed by atoms with Gasteiger partial charge in [0.15, 0.2) is 0 Å². The van der Waals surface area contributed by atoms with E-state index in [1.807, 2.05) is 13.8 Å². The molecule has 0 saturated carbocycles. The SMILES string of the molecule is CCNC(C)(CC(=O)OC)c1cccc(F)c1. The van der Waals surface area contributed by atoms with Gasteiger partial charge in [0.1, 0.15) is 5.82 Å². The van der Waals surface area contributed by atoms with Gasteiger partial charge in [0.05, 0.1) is 19.1 Å². The van der Waals surface area contributed by atoms with Gasteiger partial charge in [-0.25, -0.2) is 4.39 Å². The lowest BCUT2D eigenvalue weighted by molar-refractivity contribution is -0.142. The van der Waals surface area contributed by atoms with E-state index >= 15 is 0 Å². The quantitative estimate of drug-likeness (QED) is 0.801. The number of hydrogen-bond acceptors (Lipinski definition) is 3. The van der Waals surface area contributed by atoms with Crippen LogP contribution in [-0.2, 0) is 15.1 Å². The molecule has 0 aliphatic heterocycles. The first-order valence-electron chi connectivity index (χ1n) is 5.59. The zero-order valence-electron chi connectivity index (χ0n) is 10.4. The van der Waals surface area contributed by atoms with Crippen molar-refractivity contribution < 1.29 is 13.9 Å². The minimum absolute atomic E-state index is 0.167. The Hall–Kier alpha value is -1.42. The summed E-state index contributed by atoms with van der Waals surface area (Å²) in [5, 5.41) is 3.20. The Kier molecular flexibility index (Phi) is 4.63. The first-order chi connectivity index (χ1) is 8.01. The number of hydrogen-bond donors (Lipinski definition) is 1. The van der Waals surface area contributed by atoms with E-state index in [0.717, 1.165) is 5.56 Å². The second-order valence-corrected chi connectivity index (χ2v) is 4.13. The Morgan fingerprint density at radius 1 is 1.53 bits per heavy atom. The average molecular weight is 239 g/mol. The molecule has 0 fully saturated rings. The second kappa shape index (κ2) is 5.77. The van der Waals surface area contributed by atoms with E-state index in [2.05, 4.69) is 10.1 Å². The van der Waals surface area contributed by atoms with Crippen LogP contribution in [0.25, 0.3) is 0 Å². The predicted octanol–water partition coefficient (Wildman–Crippen LogP) is 2.21. The van der Waals surface area contributed by atoms with Crippen LogP contribution in [-0.4, -0.2) is 19.6 Å². The Labute approximate surface area is 101 Å². The van der Waals surface area contributed by atoms with Crippen molar-refractivity contribution in [1.29, 1.82) is 0 Å². The van der Waals surface area contributed by atoms with Crippen molar-refractivity contribution >= 4 is 5.97 Å². The van der Waals surface area contributed by atoms with Gasteiger partial charge in [-0.15, -0.1) is 0 Å². The summed E-state index contributed by atoms with van der Waals surface area (Å²) in [7, 11) is 1.35. The Bertz CT molecular complexity index is 395. The van der Waals surface area contributed by atoms with E-state index in [9.17, 15) is 9.18 Å². The van der Waals surface area contributed by atoms with Crippen molar-refractivity contribution in [1.82, 2.24) is 5.32 Å². The molecule has 0 radical (unpaired) electrons. The van der Waals surface area contributed by atoms with Crippen molar-refractivity contribution in [3.63, 3.8) is 0 Å². The Morgan fingerprint density at radius 2 is 2.24 bits per heavy atom. The highest BCUT2D eigenvalue weighted by Crippen LogP contribution is 2.25. The van der Waals surface area contributed by atoms with E-state index in [-0.39, 0.29) is 18.2 Å². The number of ether oxygens (including phenoxy) is 1. The first-order valence-corrected chi connectivity index (χ1v) is 5.59. The molecule has 1 aromatic carbocycles. The normalized spacial score (nSPS) is 14.1. The summed E-state index contributed by atoms with van der Waals surface area (Å²) in [5.41, 5.74) is 0.133. The van der Waals surface area contributed by atoms with Gasteiger partial charge in [-0.05, 0) is 31.2 Å². The third-order valence-corrected chi connectivity index (χ3v) is 2.75. The average Bonchev–Trinajstić information content (AvgIpc) is 2.29. The molecular weight excluding hydrogens is 221 g/mol. The standard InChI is InChI=1S/C13H18FNO2/c1-4-15-13(2,9-12(16)17-3)10-6-5-7-11(14)8-10/h5-8,15H,4,9H2,1-3H3. The van der Waals surface area contributed by atoms with Crippen molar-refractivity contribution in [2.24, 2.45) is 0 Å². The fraction of sp³-hybridized carbons (Fsp3) is 0.462. The Balaban J connectivity index is 3.01. The van der Waals surface area contributed by atoms with E-state index in [0.29, 0.717) is 6.54 Å².